The summed E-state index contributed by atoms with van der Waals surface area (Å²) in [6.07, 6.45) is 1.71. The molecular formula is C22H26N2O3. The van der Waals surface area contributed by atoms with Crippen LogP contribution in [0.1, 0.15) is 32.3 Å². The van der Waals surface area contributed by atoms with Gasteiger partial charge < -0.3 is 19.7 Å². The molecule has 0 radical (unpaired) electrons. The highest BCUT2D eigenvalue weighted by atomic mass is 16.6. The third kappa shape index (κ3) is 3.34. The maximum absolute atomic E-state index is 13.0. The molecule has 0 aromatic heterocycles. The van der Waals surface area contributed by atoms with Crippen LogP contribution in [0.25, 0.3) is 0 Å². The molecule has 1 amide bonds. The maximum Gasteiger partial charge on any atom is 0.235 e. The van der Waals surface area contributed by atoms with Gasteiger partial charge >= 0.3 is 0 Å². The Morgan fingerprint density at radius 3 is 2.30 bits per heavy atom. The van der Waals surface area contributed by atoms with Crippen molar-refractivity contribution in [1.82, 2.24) is 0 Å². The van der Waals surface area contributed by atoms with Crippen molar-refractivity contribution in [3.8, 4) is 11.5 Å². The van der Waals surface area contributed by atoms with Gasteiger partial charge in [-0.1, -0.05) is 6.07 Å². The molecule has 0 bridgehead atoms. The van der Waals surface area contributed by atoms with Gasteiger partial charge in [0.2, 0.25) is 5.91 Å². The van der Waals surface area contributed by atoms with E-state index in [1.54, 1.807) is 0 Å². The van der Waals surface area contributed by atoms with Crippen LogP contribution in [0.5, 0.6) is 11.5 Å². The van der Waals surface area contributed by atoms with Crippen LogP contribution in [0.3, 0.4) is 0 Å². The average Bonchev–Trinajstić information content (AvgIpc) is 3.52. The fourth-order valence-corrected chi connectivity index (χ4v) is 3.71. The number of nitrogens with one attached hydrogen (secondary N) is 1. The normalized spacial score (nSPS) is 16.5. The van der Waals surface area contributed by atoms with Crippen LogP contribution in [0.4, 0.5) is 11.4 Å². The zero-order valence-corrected chi connectivity index (χ0v) is 16.0. The summed E-state index contributed by atoms with van der Waals surface area (Å²) in [5.41, 5.74) is 2.56. The minimum Gasteiger partial charge on any atom is -0.486 e. The van der Waals surface area contributed by atoms with Gasteiger partial charge in [-0.05, 0) is 68.7 Å². The second-order valence-corrected chi connectivity index (χ2v) is 7.11. The lowest BCUT2D eigenvalue weighted by atomic mass is 9.94. The first-order valence-corrected chi connectivity index (χ1v) is 9.73. The molecule has 0 atom stereocenters. The number of nitrogens with zero attached hydrogens (tertiary/aromatic N) is 1. The van der Waals surface area contributed by atoms with Crippen molar-refractivity contribution >= 4 is 17.3 Å². The summed E-state index contributed by atoms with van der Waals surface area (Å²) in [7, 11) is 0. The molecule has 1 fully saturated rings. The summed E-state index contributed by atoms with van der Waals surface area (Å²) in [5, 5.41) is 3.10. The van der Waals surface area contributed by atoms with E-state index in [9.17, 15) is 4.79 Å². The van der Waals surface area contributed by atoms with Crippen LogP contribution in [0.2, 0.25) is 0 Å². The number of hydrogen-bond donors (Lipinski definition) is 1. The fraction of sp³-hybridized carbons (Fsp3) is 0.409. The topological polar surface area (TPSA) is 50.8 Å². The molecule has 2 aliphatic rings. The summed E-state index contributed by atoms with van der Waals surface area (Å²) >= 11 is 0. The van der Waals surface area contributed by atoms with Crippen LogP contribution in [0.15, 0.2) is 42.5 Å². The molecule has 5 nitrogen and oxygen atoms in total. The average molecular weight is 366 g/mol. The van der Waals surface area contributed by atoms with Crippen molar-refractivity contribution < 1.29 is 14.3 Å². The summed E-state index contributed by atoms with van der Waals surface area (Å²) in [5.74, 6) is 1.55. The van der Waals surface area contributed by atoms with E-state index < -0.39 is 5.41 Å². The maximum atomic E-state index is 13.0. The Balaban J connectivity index is 1.49. The van der Waals surface area contributed by atoms with Gasteiger partial charge in [0.25, 0.3) is 0 Å². The second-order valence-electron chi connectivity index (χ2n) is 7.11. The Bertz CT molecular complexity index is 824. The summed E-state index contributed by atoms with van der Waals surface area (Å²) in [4.78, 5) is 15.3. The van der Waals surface area contributed by atoms with E-state index in [0.717, 1.165) is 48.7 Å². The number of amides is 1. The molecule has 2 aromatic rings. The highest BCUT2D eigenvalue weighted by Gasteiger charge is 2.51. The standard InChI is InChI=1S/C22H26N2O3/c1-3-24(4-2)18-8-6-17(7-9-18)23-21(25)22(11-12-22)16-5-10-19-20(15-16)27-14-13-26-19/h5-10,15H,3-4,11-14H2,1-2H3,(H,23,25). The first-order valence-electron chi connectivity index (χ1n) is 9.73. The lowest BCUT2D eigenvalue weighted by Crippen LogP contribution is -2.28. The first-order chi connectivity index (χ1) is 13.2. The highest BCUT2D eigenvalue weighted by Crippen LogP contribution is 2.50. The summed E-state index contributed by atoms with van der Waals surface area (Å²) in [6, 6.07) is 13.9. The Kier molecular flexibility index (Phi) is 4.68. The lowest BCUT2D eigenvalue weighted by molar-refractivity contribution is -0.118. The van der Waals surface area contributed by atoms with E-state index >= 15 is 0 Å². The van der Waals surface area contributed by atoms with E-state index in [2.05, 4.69) is 36.2 Å². The monoisotopic (exact) mass is 366 g/mol. The molecule has 0 unspecified atom stereocenters. The van der Waals surface area contributed by atoms with Gasteiger partial charge in [0.1, 0.15) is 13.2 Å². The van der Waals surface area contributed by atoms with Crippen LogP contribution in [-0.2, 0) is 10.2 Å². The van der Waals surface area contributed by atoms with Gasteiger partial charge in [-0.3, -0.25) is 4.79 Å². The fourth-order valence-electron chi connectivity index (χ4n) is 3.71. The molecule has 2 aromatic carbocycles. The smallest absolute Gasteiger partial charge is 0.235 e. The Hall–Kier alpha value is -2.69. The Morgan fingerprint density at radius 1 is 1.00 bits per heavy atom. The molecule has 1 saturated carbocycles. The van der Waals surface area contributed by atoms with Crippen molar-refractivity contribution in [3.05, 3.63) is 48.0 Å². The molecule has 1 aliphatic carbocycles. The predicted octanol–water partition coefficient (Wildman–Crippen LogP) is 3.97. The zero-order valence-electron chi connectivity index (χ0n) is 16.0. The number of fused-ring (bicyclic) bond motifs is 1. The van der Waals surface area contributed by atoms with Gasteiger partial charge in [0.15, 0.2) is 11.5 Å². The number of carbonyl (C=O) groups excluding carboxylic acids is 1. The molecule has 5 heteroatoms. The number of anilines is 2. The SMILES string of the molecule is CCN(CC)c1ccc(NC(=O)C2(c3ccc4c(c3)OCCO4)CC2)cc1. The minimum absolute atomic E-state index is 0.0507. The van der Waals surface area contributed by atoms with E-state index in [4.69, 9.17) is 9.47 Å². The minimum atomic E-state index is -0.451. The number of carbonyl (C=O) groups is 1. The van der Waals surface area contributed by atoms with E-state index in [0.29, 0.717) is 13.2 Å². The van der Waals surface area contributed by atoms with Crippen molar-refractivity contribution in [3.63, 3.8) is 0 Å². The van der Waals surface area contributed by atoms with Gasteiger partial charge in [0.05, 0.1) is 5.41 Å². The van der Waals surface area contributed by atoms with Crippen molar-refractivity contribution in [2.24, 2.45) is 0 Å². The Labute approximate surface area is 160 Å². The second kappa shape index (κ2) is 7.14. The van der Waals surface area contributed by atoms with Gasteiger partial charge in [-0.25, -0.2) is 0 Å². The zero-order chi connectivity index (χ0) is 18.9. The van der Waals surface area contributed by atoms with E-state index in [1.165, 1.54) is 5.69 Å². The molecular weight excluding hydrogens is 340 g/mol. The van der Waals surface area contributed by atoms with Crippen LogP contribution < -0.4 is 19.7 Å². The molecule has 142 valence electrons. The quantitative estimate of drug-likeness (QED) is 0.840. The van der Waals surface area contributed by atoms with E-state index in [1.807, 2.05) is 30.3 Å². The molecule has 1 heterocycles. The first kappa shape index (κ1) is 17.7. The van der Waals surface area contributed by atoms with E-state index in [-0.39, 0.29) is 5.91 Å². The molecule has 0 spiro atoms. The molecule has 27 heavy (non-hydrogen) atoms. The highest BCUT2D eigenvalue weighted by molar-refractivity contribution is 6.01. The number of benzene rings is 2. The molecule has 1 N–H and O–H groups in total. The van der Waals surface area contributed by atoms with Crippen LogP contribution in [-0.4, -0.2) is 32.2 Å². The van der Waals surface area contributed by atoms with Crippen LogP contribution >= 0.6 is 0 Å². The number of rotatable bonds is 6. The van der Waals surface area contributed by atoms with Crippen LogP contribution in [0, 0.1) is 0 Å². The Morgan fingerprint density at radius 2 is 1.67 bits per heavy atom. The van der Waals surface area contributed by atoms with Gasteiger partial charge in [-0.15, -0.1) is 0 Å². The van der Waals surface area contributed by atoms with Gasteiger partial charge in [-0.2, -0.15) is 0 Å². The molecule has 4 rings (SSSR count). The lowest BCUT2D eigenvalue weighted by Gasteiger charge is -2.22. The third-order valence-corrected chi connectivity index (χ3v) is 5.53. The van der Waals surface area contributed by atoms with Crippen molar-refractivity contribution in [1.29, 1.82) is 0 Å². The molecule has 1 aliphatic heterocycles. The van der Waals surface area contributed by atoms with Gasteiger partial charge in [0, 0.05) is 24.5 Å². The predicted molar refractivity (Wildman–Crippen MR) is 107 cm³/mol. The van der Waals surface area contributed by atoms with Crippen molar-refractivity contribution in [2.75, 3.05) is 36.5 Å². The third-order valence-electron chi connectivity index (χ3n) is 5.53. The van der Waals surface area contributed by atoms with Crippen molar-refractivity contribution in [2.45, 2.75) is 32.1 Å². The largest absolute Gasteiger partial charge is 0.486 e. The number of ether oxygens (including phenoxy) is 2. The molecule has 0 saturated heterocycles. The summed E-state index contributed by atoms with van der Waals surface area (Å²) in [6.45, 7) is 7.34. The summed E-state index contributed by atoms with van der Waals surface area (Å²) < 4.78 is 11.3. The number of hydrogen-bond acceptors (Lipinski definition) is 4.